The van der Waals surface area contributed by atoms with Crippen LogP contribution >= 0.6 is 34.7 Å². The lowest BCUT2D eigenvalue weighted by atomic mass is 10.2. The monoisotopic (exact) mass is 328 g/mol. The number of carboxylic acids is 1. The number of aliphatic carboxylic acids is 1. The zero-order chi connectivity index (χ0) is 14.5. The maximum absolute atomic E-state index is 10.6. The number of halogens is 1. The Morgan fingerprint density at radius 2 is 2.25 bits per heavy atom. The molecular weight excluding hydrogens is 316 g/mol. The van der Waals surface area contributed by atoms with Gasteiger partial charge in [-0.15, -0.1) is 11.3 Å². The molecule has 106 valence electrons. The Bertz CT molecular complexity index is 604. The lowest BCUT2D eigenvalue weighted by Gasteiger charge is -2.04. The number of hydrogen-bond acceptors (Lipinski definition) is 5. The number of thiazole rings is 1. The first-order valence-corrected chi connectivity index (χ1v) is 8.24. The third kappa shape index (κ3) is 3.96. The van der Waals surface area contributed by atoms with E-state index in [1.54, 1.807) is 0 Å². The van der Waals surface area contributed by atoms with Crippen LogP contribution in [0.3, 0.4) is 0 Å². The van der Waals surface area contributed by atoms with Crippen molar-refractivity contribution in [1.29, 1.82) is 0 Å². The van der Waals surface area contributed by atoms with Crippen molar-refractivity contribution in [3.8, 4) is 10.6 Å². The van der Waals surface area contributed by atoms with Gasteiger partial charge in [0.1, 0.15) is 11.0 Å². The van der Waals surface area contributed by atoms with Gasteiger partial charge in [-0.25, -0.2) is 4.98 Å². The highest BCUT2D eigenvalue weighted by molar-refractivity contribution is 7.98. The molecule has 20 heavy (non-hydrogen) atoms. The Hall–Kier alpha value is -1.08. The Morgan fingerprint density at radius 3 is 2.95 bits per heavy atom. The van der Waals surface area contributed by atoms with E-state index >= 15 is 0 Å². The lowest BCUT2D eigenvalue weighted by molar-refractivity contribution is -0.137. The average Bonchev–Trinajstić information content (AvgIpc) is 2.87. The molecule has 0 bridgehead atoms. The standard InChI is InChI=1S/C13H13ClN2O2S2/c14-10-4-2-1-3-9(10)12-16-8(6-20-12)5-19-7-11(15)13(17)18/h1-4,6,11H,5,7,15H2,(H,17,18)/t11-/m1/s1. The Labute approximate surface area is 130 Å². The molecule has 0 radical (unpaired) electrons. The highest BCUT2D eigenvalue weighted by Gasteiger charge is 2.12. The molecule has 1 aromatic heterocycles. The van der Waals surface area contributed by atoms with Crippen LogP contribution in [-0.4, -0.2) is 27.9 Å². The Balaban J connectivity index is 1.96. The normalized spacial score (nSPS) is 12.3. The zero-order valence-corrected chi connectivity index (χ0v) is 12.8. The van der Waals surface area contributed by atoms with Gasteiger partial charge in [-0.05, 0) is 6.07 Å². The molecule has 7 heteroatoms. The number of aromatic nitrogens is 1. The van der Waals surface area contributed by atoms with Gasteiger partial charge >= 0.3 is 5.97 Å². The van der Waals surface area contributed by atoms with E-state index in [-0.39, 0.29) is 0 Å². The Kier molecular flexibility index (Phi) is 5.42. The van der Waals surface area contributed by atoms with Crippen LogP contribution < -0.4 is 5.73 Å². The van der Waals surface area contributed by atoms with E-state index in [9.17, 15) is 4.79 Å². The van der Waals surface area contributed by atoms with Gasteiger partial charge in [-0.1, -0.05) is 29.8 Å². The Morgan fingerprint density at radius 1 is 1.50 bits per heavy atom. The van der Waals surface area contributed by atoms with Crippen molar-refractivity contribution in [2.75, 3.05) is 5.75 Å². The largest absolute Gasteiger partial charge is 0.480 e. The maximum atomic E-state index is 10.6. The number of hydrogen-bond donors (Lipinski definition) is 2. The van der Waals surface area contributed by atoms with Crippen molar-refractivity contribution in [1.82, 2.24) is 4.98 Å². The summed E-state index contributed by atoms with van der Waals surface area (Å²) >= 11 is 9.11. The maximum Gasteiger partial charge on any atom is 0.321 e. The first-order valence-electron chi connectivity index (χ1n) is 5.83. The zero-order valence-electron chi connectivity index (χ0n) is 10.5. The summed E-state index contributed by atoms with van der Waals surface area (Å²) < 4.78 is 0. The van der Waals surface area contributed by atoms with E-state index in [0.717, 1.165) is 16.3 Å². The van der Waals surface area contributed by atoms with Gasteiger partial charge in [0.25, 0.3) is 0 Å². The van der Waals surface area contributed by atoms with Gasteiger partial charge in [0.15, 0.2) is 0 Å². The van der Waals surface area contributed by atoms with Gasteiger partial charge in [0.05, 0.1) is 10.7 Å². The van der Waals surface area contributed by atoms with Crippen LogP contribution in [0.4, 0.5) is 0 Å². The van der Waals surface area contributed by atoms with Crippen molar-refractivity contribution in [3.05, 3.63) is 40.4 Å². The fourth-order valence-electron chi connectivity index (χ4n) is 1.49. The quantitative estimate of drug-likeness (QED) is 0.852. The fourth-order valence-corrected chi connectivity index (χ4v) is 3.61. The minimum Gasteiger partial charge on any atom is -0.480 e. The summed E-state index contributed by atoms with van der Waals surface area (Å²) in [7, 11) is 0. The minimum absolute atomic E-state index is 0.369. The SMILES string of the molecule is N[C@H](CSCc1csc(-c2ccccc2Cl)n1)C(=O)O. The van der Waals surface area contributed by atoms with Crippen molar-refractivity contribution in [2.45, 2.75) is 11.8 Å². The number of nitrogens with zero attached hydrogens (tertiary/aromatic N) is 1. The molecule has 1 atom stereocenters. The summed E-state index contributed by atoms with van der Waals surface area (Å²) in [6.07, 6.45) is 0. The third-order valence-electron chi connectivity index (χ3n) is 2.52. The van der Waals surface area contributed by atoms with Crippen LogP contribution in [0.2, 0.25) is 5.02 Å². The number of rotatable bonds is 6. The predicted molar refractivity (Wildman–Crippen MR) is 84.3 cm³/mol. The van der Waals surface area contributed by atoms with E-state index in [1.165, 1.54) is 23.1 Å². The second-order valence-electron chi connectivity index (χ2n) is 4.08. The van der Waals surface area contributed by atoms with Crippen LogP contribution in [0.5, 0.6) is 0 Å². The van der Waals surface area contributed by atoms with Gasteiger partial charge in [0.2, 0.25) is 0 Å². The molecule has 0 saturated carbocycles. The molecule has 0 fully saturated rings. The number of nitrogens with two attached hydrogens (primary N) is 1. The molecule has 2 aromatic rings. The van der Waals surface area contributed by atoms with E-state index in [2.05, 4.69) is 4.98 Å². The minimum atomic E-state index is -0.979. The summed E-state index contributed by atoms with van der Waals surface area (Å²) in [6, 6.07) is 6.73. The average molecular weight is 329 g/mol. The highest BCUT2D eigenvalue weighted by Crippen LogP contribution is 2.30. The van der Waals surface area contributed by atoms with Crippen molar-refractivity contribution < 1.29 is 9.90 Å². The van der Waals surface area contributed by atoms with E-state index in [0.29, 0.717) is 16.5 Å². The summed E-state index contributed by atoms with van der Waals surface area (Å²) in [6.45, 7) is 0. The van der Waals surface area contributed by atoms with Gasteiger partial charge < -0.3 is 10.8 Å². The van der Waals surface area contributed by atoms with E-state index in [4.69, 9.17) is 22.4 Å². The van der Waals surface area contributed by atoms with Crippen LogP contribution in [0, 0.1) is 0 Å². The molecule has 0 unspecified atom stereocenters. The number of benzene rings is 1. The molecule has 0 amide bonds. The third-order valence-corrected chi connectivity index (χ3v) is 4.87. The molecule has 1 heterocycles. The number of carbonyl (C=O) groups is 1. The van der Waals surface area contributed by atoms with Gasteiger partial charge in [0, 0.05) is 22.4 Å². The molecule has 0 aliphatic rings. The topological polar surface area (TPSA) is 76.2 Å². The number of carboxylic acid groups (broad SMARTS) is 1. The molecule has 3 N–H and O–H groups in total. The molecule has 4 nitrogen and oxygen atoms in total. The fraction of sp³-hybridized carbons (Fsp3) is 0.231. The first kappa shape index (κ1) is 15.3. The summed E-state index contributed by atoms with van der Waals surface area (Å²) in [5.74, 6) is 0.0310. The van der Waals surface area contributed by atoms with Crippen molar-refractivity contribution in [2.24, 2.45) is 5.73 Å². The number of thioether (sulfide) groups is 1. The summed E-state index contributed by atoms with van der Waals surface area (Å²) in [5.41, 5.74) is 7.27. The van der Waals surface area contributed by atoms with Crippen molar-refractivity contribution in [3.63, 3.8) is 0 Å². The molecule has 0 aliphatic heterocycles. The molecule has 0 spiro atoms. The van der Waals surface area contributed by atoms with Crippen LogP contribution in [0.25, 0.3) is 10.6 Å². The first-order chi connectivity index (χ1) is 9.58. The molecule has 2 rings (SSSR count). The van der Waals surface area contributed by atoms with Crippen LogP contribution in [0.15, 0.2) is 29.6 Å². The smallest absolute Gasteiger partial charge is 0.321 e. The van der Waals surface area contributed by atoms with Crippen molar-refractivity contribution >= 4 is 40.7 Å². The second-order valence-corrected chi connectivity index (χ2v) is 6.38. The molecule has 1 aromatic carbocycles. The predicted octanol–water partition coefficient (Wildman–Crippen LogP) is 3.11. The van der Waals surface area contributed by atoms with Gasteiger partial charge in [-0.3, -0.25) is 4.79 Å². The van der Waals surface area contributed by atoms with E-state index in [1.807, 2.05) is 29.6 Å². The van der Waals surface area contributed by atoms with E-state index < -0.39 is 12.0 Å². The van der Waals surface area contributed by atoms with Gasteiger partial charge in [-0.2, -0.15) is 11.8 Å². The lowest BCUT2D eigenvalue weighted by Crippen LogP contribution is -2.32. The molecule has 0 saturated heterocycles. The summed E-state index contributed by atoms with van der Waals surface area (Å²) in [5, 5.41) is 12.2. The highest BCUT2D eigenvalue weighted by atomic mass is 35.5. The summed E-state index contributed by atoms with van der Waals surface area (Å²) in [4.78, 5) is 15.1. The molecule has 0 aliphatic carbocycles. The van der Waals surface area contributed by atoms with Crippen LogP contribution in [-0.2, 0) is 10.5 Å². The molecular formula is C13H13ClN2O2S2. The van der Waals surface area contributed by atoms with Crippen LogP contribution in [0.1, 0.15) is 5.69 Å². The second kappa shape index (κ2) is 7.08.